The third-order valence-electron chi connectivity index (χ3n) is 1.78. The fourth-order valence-electron chi connectivity index (χ4n) is 1.19. The fourth-order valence-corrected chi connectivity index (χ4v) is 2.07. The number of fused-ring (bicyclic) bond motifs is 1. The van der Waals surface area contributed by atoms with Gasteiger partial charge in [-0.25, -0.2) is 0 Å². The number of carbonyl (C=O) groups is 1. The summed E-state index contributed by atoms with van der Waals surface area (Å²) >= 11 is 1.45. The zero-order valence-corrected chi connectivity index (χ0v) is 6.65. The molecule has 0 aromatic carbocycles. The van der Waals surface area contributed by atoms with Crippen molar-refractivity contribution >= 4 is 17.2 Å². The average molecular weight is 168 g/mol. The lowest BCUT2D eigenvalue weighted by molar-refractivity contribution is 0.0945. The average Bonchev–Trinajstić information content (AvgIpc) is 2.45. The zero-order valence-electron chi connectivity index (χ0n) is 5.83. The number of nitrogens with one attached hydrogen (secondary N) is 1. The molecule has 2 heterocycles. The van der Waals surface area contributed by atoms with E-state index in [4.69, 9.17) is 5.73 Å². The molecule has 0 saturated heterocycles. The first-order chi connectivity index (χ1) is 5.29. The number of rotatable bonds is 0. The normalized spacial score (nSPS) is 22.6. The van der Waals surface area contributed by atoms with Gasteiger partial charge in [-0.3, -0.25) is 4.79 Å². The quantitative estimate of drug-likeness (QED) is 0.592. The summed E-state index contributed by atoms with van der Waals surface area (Å²) in [6, 6.07) is 1.90. The van der Waals surface area contributed by atoms with E-state index in [1.54, 1.807) is 0 Å². The molecule has 58 valence electrons. The van der Waals surface area contributed by atoms with Gasteiger partial charge in [-0.2, -0.15) is 0 Å². The van der Waals surface area contributed by atoms with Gasteiger partial charge >= 0.3 is 0 Å². The number of hydrogen-bond acceptors (Lipinski definition) is 3. The highest BCUT2D eigenvalue weighted by Crippen LogP contribution is 2.24. The number of carbonyl (C=O) groups excluding carboxylic acids is 1. The topological polar surface area (TPSA) is 55.1 Å². The number of nitrogens with two attached hydrogens (primary N) is 1. The second-order valence-corrected chi connectivity index (χ2v) is 3.44. The minimum absolute atomic E-state index is 0.0108. The molecule has 1 aromatic heterocycles. The molecule has 3 N–H and O–H groups in total. The van der Waals surface area contributed by atoms with Gasteiger partial charge in [0.05, 0.1) is 4.88 Å². The van der Waals surface area contributed by atoms with Crippen molar-refractivity contribution < 1.29 is 4.79 Å². The van der Waals surface area contributed by atoms with E-state index in [-0.39, 0.29) is 11.9 Å². The molecule has 4 heteroatoms. The molecule has 0 radical (unpaired) electrons. The first-order valence-corrected chi connectivity index (χ1v) is 4.28. The molecule has 0 fully saturated rings. The molecule has 3 nitrogen and oxygen atoms in total. The van der Waals surface area contributed by atoms with Crippen molar-refractivity contribution in [2.75, 3.05) is 6.54 Å². The van der Waals surface area contributed by atoms with Crippen LogP contribution in [0.15, 0.2) is 11.4 Å². The second-order valence-electron chi connectivity index (χ2n) is 2.52. The number of thiophene rings is 1. The van der Waals surface area contributed by atoms with Crippen molar-refractivity contribution in [3.63, 3.8) is 0 Å². The van der Waals surface area contributed by atoms with Crippen LogP contribution in [-0.2, 0) is 0 Å². The summed E-state index contributed by atoms with van der Waals surface area (Å²) in [6.45, 7) is 0.558. The van der Waals surface area contributed by atoms with Gasteiger partial charge in [-0.1, -0.05) is 0 Å². The van der Waals surface area contributed by atoms with Crippen LogP contribution in [0.25, 0.3) is 0 Å². The minimum Gasteiger partial charge on any atom is -0.349 e. The van der Waals surface area contributed by atoms with E-state index in [0.717, 1.165) is 10.4 Å². The van der Waals surface area contributed by atoms with Crippen LogP contribution in [0.1, 0.15) is 21.3 Å². The minimum atomic E-state index is -0.0195. The Bertz CT molecular complexity index is 294. The maximum absolute atomic E-state index is 11.1. The lowest BCUT2D eigenvalue weighted by Crippen LogP contribution is -2.37. The van der Waals surface area contributed by atoms with Crippen LogP contribution in [-0.4, -0.2) is 12.5 Å². The van der Waals surface area contributed by atoms with Crippen molar-refractivity contribution in [2.24, 2.45) is 5.73 Å². The third-order valence-corrected chi connectivity index (χ3v) is 2.71. The van der Waals surface area contributed by atoms with Crippen molar-refractivity contribution in [1.82, 2.24) is 5.32 Å². The van der Waals surface area contributed by atoms with Crippen molar-refractivity contribution in [1.29, 1.82) is 0 Å². The summed E-state index contributed by atoms with van der Waals surface area (Å²) in [4.78, 5) is 11.9. The summed E-state index contributed by atoms with van der Waals surface area (Å²) in [6.07, 6.45) is 0. The third kappa shape index (κ3) is 0.948. The van der Waals surface area contributed by atoms with E-state index in [0.29, 0.717) is 6.54 Å². The molecule has 2 rings (SSSR count). The first-order valence-electron chi connectivity index (χ1n) is 3.40. The Hall–Kier alpha value is -0.870. The van der Waals surface area contributed by atoms with Gasteiger partial charge < -0.3 is 11.1 Å². The number of amides is 1. The summed E-state index contributed by atoms with van der Waals surface area (Å²) in [5.74, 6) is 0.0108. The van der Waals surface area contributed by atoms with Crippen molar-refractivity contribution in [3.8, 4) is 0 Å². The van der Waals surface area contributed by atoms with Crippen LogP contribution < -0.4 is 11.1 Å². The van der Waals surface area contributed by atoms with E-state index >= 15 is 0 Å². The Morgan fingerprint density at radius 2 is 2.55 bits per heavy atom. The highest BCUT2D eigenvalue weighted by atomic mass is 32.1. The Labute approximate surface area is 68.2 Å². The molecule has 0 bridgehead atoms. The van der Waals surface area contributed by atoms with Gasteiger partial charge in [-0.15, -0.1) is 11.3 Å². The summed E-state index contributed by atoms with van der Waals surface area (Å²) in [5.41, 5.74) is 6.73. The largest absolute Gasteiger partial charge is 0.349 e. The molecule has 1 unspecified atom stereocenters. The van der Waals surface area contributed by atoms with Crippen LogP contribution in [0.2, 0.25) is 0 Å². The molecule has 1 aromatic rings. The van der Waals surface area contributed by atoms with Crippen LogP contribution in [0.5, 0.6) is 0 Å². The summed E-state index contributed by atoms with van der Waals surface area (Å²) < 4.78 is 0. The molecule has 1 amide bonds. The molecule has 1 aliphatic heterocycles. The molecule has 11 heavy (non-hydrogen) atoms. The Kier molecular flexibility index (Phi) is 1.44. The number of hydrogen-bond donors (Lipinski definition) is 2. The molecule has 1 aliphatic rings. The van der Waals surface area contributed by atoms with Crippen LogP contribution >= 0.6 is 11.3 Å². The van der Waals surface area contributed by atoms with Crippen LogP contribution in [0.4, 0.5) is 0 Å². The smallest absolute Gasteiger partial charge is 0.261 e. The highest BCUT2D eigenvalue weighted by molar-refractivity contribution is 7.12. The molecular formula is C7H8N2OS. The maximum Gasteiger partial charge on any atom is 0.261 e. The molecule has 1 atom stereocenters. The van der Waals surface area contributed by atoms with Crippen LogP contribution in [0, 0.1) is 0 Å². The maximum atomic E-state index is 11.1. The standard InChI is InChI=1S/C7H8N2OS/c8-5-3-9-7(10)6-4(5)1-2-11-6/h1-2,5H,3,8H2,(H,9,10). The van der Waals surface area contributed by atoms with E-state index in [2.05, 4.69) is 5.32 Å². The zero-order chi connectivity index (χ0) is 7.84. The Balaban J connectivity index is 2.51. The molecule has 0 saturated carbocycles. The van der Waals surface area contributed by atoms with Crippen molar-refractivity contribution in [3.05, 3.63) is 21.9 Å². The SMILES string of the molecule is NC1CNC(=O)c2sccc21. The van der Waals surface area contributed by atoms with Crippen LogP contribution in [0.3, 0.4) is 0 Å². The Morgan fingerprint density at radius 1 is 1.73 bits per heavy atom. The van der Waals surface area contributed by atoms with E-state index in [1.165, 1.54) is 11.3 Å². The van der Waals surface area contributed by atoms with Gasteiger partial charge in [0, 0.05) is 12.6 Å². The van der Waals surface area contributed by atoms with E-state index in [9.17, 15) is 4.79 Å². The predicted molar refractivity (Wildman–Crippen MR) is 43.6 cm³/mol. The van der Waals surface area contributed by atoms with Gasteiger partial charge in [0.25, 0.3) is 5.91 Å². The highest BCUT2D eigenvalue weighted by Gasteiger charge is 2.23. The van der Waals surface area contributed by atoms with Gasteiger partial charge in [0.2, 0.25) is 0 Å². The first kappa shape index (κ1) is 6.82. The molecule has 0 spiro atoms. The van der Waals surface area contributed by atoms with Gasteiger partial charge in [0.15, 0.2) is 0 Å². The van der Waals surface area contributed by atoms with Gasteiger partial charge in [-0.05, 0) is 17.0 Å². The molecular weight excluding hydrogens is 160 g/mol. The van der Waals surface area contributed by atoms with E-state index in [1.807, 2.05) is 11.4 Å². The summed E-state index contributed by atoms with van der Waals surface area (Å²) in [5, 5.41) is 4.62. The van der Waals surface area contributed by atoms with Crippen molar-refractivity contribution in [2.45, 2.75) is 6.04 Å². The predicted octanol–water partition coefficient (Wildman–Crippen LogP) is 0.491. The lowest BCUT2D eigenvalue weighted by atomic mass is 10.1. The second kappa shape index (κ2) is 2.32. The van der Waals surface area contributed by atoms with Gasteiger partial charge in [0.1, 0.15) is 0 Å². The summed E-state index contributed by atoms with van der Waals surface area (Å²) in [7, 11) is 0. The monoisotopic (exact) mass is 168 g/mol. The van der Waals surface area contributed by atoms with E-state index < -0.39 is 0 Å². The fraction of sp³-hybridized carbons (Fsp3) is 0.286. The Morgan fingerprint density at radius 3 is 3.27 bits per heavy atom. The molecule has 0 aliphatic carbocycles. The lowest BCUT2D eigenvalue weighted by Gasteiger charge is -2.18.